The molecule has 0 aliphatic carbocycles. The number of nitrogens with one attached hydrogen (secondary N) is 1. The van der Waals surface area contributed by atoms with Crippen molar-refractivity contribution in [2.45, 2.75) is 20.3 Å². The minimum Gasteiger partial charge on any atom is -0.399 e. The van der Waals surface area contributed by atoms with E-state index in [0.717, 1.165) is 23.5 Å². The van der Waals surface area contributed by atoms with E-state index in [9.17, 15) is 0 Å². The summed E-state index contributed by atoms with van der Waals surface area (Å²) in [5, 5.41) is 0. The Kier molecular flexibility index (Phi) is 2.95. The van der Waals surface area contributed by atoms with E-state index in [1.54, 1.807) is 0 Å². The van der Waals surface area contributed by atoms with Gasteiger partial charge >= 0.3 is 0 Å². The number of hydrogen-bond donors (Lipinski definition) is 2. The largest absolute Gasteiger partial charge is 0.399 e. The van der Waals surface area contributed by atoms with Gasteiger partial charge in [-0.25, -0.2) is 4.98 Å². The first kappa shape index (κ1) is 10.7. The van der Waals surface area contributed by atoms with Gasteiger partial charge in [-0.1, -0.05) is 13.8 Å². The van der Waals surface area contributed by atoms with Gasteiger partial charge in [0.15, 0.2) is 0 Å². The van der Waals surface area contributed by atoms with Gasteiger partial charge in [-0.3, -0.25) is 0 Å². The predicted octanol–water partition coefficient (Wildman–Crippen LogP) is 2.86. The lowest BCUT2D eigenvalue weighted by Gasteiger charge is -2.00. The number of nitrogens with zero attached hydrogens (tertiary/aromatic N) is 1. The number of aromatic amines is 1. The molecule has 3 nitrogen and oxygen atoms in total. The molecule has 3 heteroatoms. The molecule has 0 unspecified atom stereocenters. The van der Waals surface area contributed by atoms with Crippen LogP contribution in [0, 0.1) is 5.92 Å². The smallest absolute Gasteiger partial charge is 0.137 e. The molecule has 1 aromatic heterocycles. The zero-order valence-electron chi connectivity index (χ0n) is 9.70. The molecule has 84 valence electrons. The van der Waals surface area contributed by atoms with E-state index in [0.29, 0.717) is 5.92 Å². The molecule has 0 fully saturated rings. The summed E-state index contributed by atoms with van der Waals surface area (Å²) in [6.45, 7) is 4.40. The van der Waals surface area contributed by atoms with Crippen LogP contribution < -0.4 is 5.73 Å². The van der Waals surface area contributed by atoms with E-state index in [4.69, 9.17) is 5.73 Å². The zero-order valence-corrected chi connectivity index (χ0v) is 9.70. The van der Waals surface area contributed by atoms with Crippen LogP contribution in [0.4, 0.5) is 5.69 Å². The number of nitrogen functional groups attached to an aromatic ring is 1. The maximum Gasteiger partial charge on any atom is 0.137 e. The average Bonchev–Trinajstić information content (AvgIpc) is 2.66. The summed E-state index contributed by atoms with van der Waals surface area (Å²) in [5.41, 5.74) is 8.68. The minimum atomic E-state index is 0.639. The van der Waals surface area contributed by atoms with Crippen molar-refractivity contribution in [3.05, 3.63) is 36.2 Å². The molecule has 2 rings (SSSR count). The van der Waals surface area contributed by atoms with Gasteiger partial charge in [0.25, 0.3) is 0 Å². The predicted molar refractivity (Wildman–Crippen MR) is 67.0 cm³/mol. The second kappa shape index (κ2) is 4.39. The van der Waals surface area contributed by atoms with Crippen LogP contribution in [0.15, 0.2) is 30.5 Å². The van der Waals surface area contributed by atoms with Crippen molar-refractivity contribution in [2.24, 2.45) is 5.92 Å². The SMILES string of the molecule is CC(C)Cc1cnc(-c2ccc(N)cc2)[nH]1. The van der Waals surface area contributed by atoms with Crippen LogP contribution in [-0.2, 0) is 6.42 Å². The quantitative estimate of drug-likeness (QED) is 0.773. The van der Waals surface area contributed by atoms with Gasteiger partial charge < -0.3 is 10.7 Å². The number of imidazole rings is 1. The highest BCUT2D eigenvalue weighted by molar-refractivity contribution is 5.58. The maximum atomic E-state index is 5.65. The van der Waals surface area contributed by atoms with E-state index >= 15 is 0 Å². The molecular formula is C13H17N3. The lowest BCUT2D eigenvalue weighted by atomic mass is 10.1. The number of H-pyrrole nitrogens is 1. The molecule has 0 amide bonds. The highest BCUT2D eigenvalue weighted by atomic mass is 14.9. The molecule has 0 saturated carbocycles. The number of nitrogens with two attached hydrogens (primary N) is 1. The third-order valence-electron chi connectivity index (χ3n) is 2.44. The number of rotatable bonds is 3. The van der Waals surface area contributed by atoms with Crippen LogP contribution in [0.2, 0.25) is 0 Å². The molecule has 16 heavy (non-hydrogen) atoms. The Labute approximate surface area is 95.7 Å². The summed E-state index contributed by atoms with van der Waals surface area (Å²) in [5.74, 6) is 1.55. The molecule has 2 aromatic rings. The molecule has 0 atom stereocenters. The molecule has 0 aliphatic heterocycles. The summed E-state index contributed by atoms with van der Waals surface area (Å²) < 4.78 is 0. The van der Waals surface area contributed by atoms with E-state index in [2.05, 4.69) is 23.8 Å². The van der Waals surface area contributed by atoms with Crippen molar-refractivity contribution in [3.8, 4) is 11.4 Å². The average molecular weight is 215 g/mol. The highest BCUT2D eigenvalue weighted by Gasteiger charge is 2.04. The molecule has 0 saturated heterocycles. The second-order valence-electron chi connectivity index (χ2n) is 4.48. The van der Waals surface area contributed by atoms with Gasteiger partial charge in [0.2, 0.25) is 0 Å². The first-order valence-electron chi connectivity index (χ1n) is 5.55. The van der Waals surface area contributed by atoms with Crippen LogP contribution in [0.25, 0.3) is 11.4 Å². The summed E-state index contributed by atoms with van der Waals surface area (Å²) in [4.78, 5) is 7.70. The van der Waals surface area contributed by atoms with E-state index < -0.39 is 0 Å². The molecule has 0 aliphatic rings. The van der Waals surface area contributed by atoms with Gasteiger partial charge in [0.05, 0.1) is 0 Å². The van der Waals surface area contributed by atoms with Gasteiger partial charge in [0, 0.05) is 23.1 Å². The van der Waals surface area contributed by atoms with Gasteiger partial charge in [-0.05, 0) is 36.6 Å². The Bertz CT molecular complexity index is 454. The number of aromatic nitrogens is 2. The fourth-order valence-corrected chi connectivity index (χ4v) is 1.69. The van der Waals surface area contributed by atoms with Gasteiger partial charge in [-0.2, -0.15) is 0 Å². The molecule has 1 heterocycles. The van der Waals surface area contributed by atoms with E-state index in [-0.39, 0.29) is 0 Å². The number of anilines is 1. The Hall–Kier alpha value is -1.77. The van der Waals surface area contributed by atoms with Crippen LogP contribution in [0.5, 0.6) is 0 Å². The molecule has 0 spiro atoms. The Morgan fingerprint density at radius 2 is 1.94 bits per heavy atom. The van der Waals surface area contributed by atoms with Crippen molar-refractivity contribution in [1.82, 2.24) is 9.97 Å². The molecule has 3 N–H and O–H groups in total. The van der Waals surface area contributed by atoms with E-state index in [1.807, 2.05) is 30.5 Å². The summed E-state index contributed by atoms with van der Waals surface area (Å²) in [6, 6.07) is 7.74. The molecule has 0 bridgehead atoms. The van der Waals surface area contributed by atoms with Crippen molar-refractivity contribution >= 4 is 5.69 Å². The zero-order chi connectivity index (χ0) is 11.5. The first-order valence-corrected chi connectivity index (χ1v) is 5.55. The van der Waals surface area contributed by atoms with Gasteiger partial charge in [0.1, 0.15) is 5.82 Å². The molecule has 1 aromatic carbocycles. The third-order valence-corrected chi connectivity index (χ3v) is 2.44. The van der Waals surface area contributed by atoms with Crippen molar-refractivity contribution in [1.29, 1.82) is 0 Å². The Morgan fingerprint density at radius 1 is 1.25 bits per heavy atom. The number of benzene rings is 1. The summed E-state index contributed by atoms with van der Waals surface area (Å²) in [6.07, 6.45) is 2.94. The highest BCUT2D eigenvalue weighted by Crippen LogP contribution is 2.18. The standard InChI is InChI=1S/C13H17N3/c1-9(2)7-12-8-15-13(16-12)10-3-5-11(14)6-4-10/h3-6,8-9H,7,14H2,1-2H3,(H,15,16). The van der Waals surface area contributed by atoms with Crippen LogP contribution >= 0.6 is 0 Å². The number of hydrogen-bond acceptors (Lipinski definition) is 2. The maximum absolute atomic E-state index is 5.65. The van der Waals surface area contributed by atoms with Gasteiger partial charge in [-0.15, -0.1) is 0 Å². The van der Waals surface area contributed by atoms with Crippen molar-refractivity contribution in [3.63, 3.8) is 0 Å². The topological polar surface area (TPSA) is 54.7 Å². The van der Waals surface area contributed by atoms with Crippen LogP contribution in [0.1, 0.15) is 19.5 Å². The monoisotopic (exact) mass is 215 g/mol. The van der Waals surface area contributed by atoms with Crippen LogP contribution in [-0.4, -0.2) is 9.97 Å². The fraction of sp³-hybridized carbons (Fsp3) is 0.308. The summed E-state index contributed by atoms with van der Waals surface area (Å²) >= 11 is 0. The Balaban J connectivity index is 2.21. The second-order valence-corrected chi connectivity index (χ2v) is 4.48. The minimum absolute atomic E-state index is 0.639. The van der Waals surface area contributed by atoms with Crippen LogP contribution in [0.3, 0.4) is 0 Å². The first-order chi connectivity index (χ1) is 7.65. The Morgan fingerprint density at radius 3 is 2.56 bits per heavy atom. The summed E-state index contributed by atoms with van der Waals surface area (Å²) in [7, 11) is 0. The normalized spacial score (nSPS) is 10.9. The third kappa shape index (κ3) is 2.42. The molecule has 0 radical (unpaired) electrons. The lowest BCUT2D eigenvalue weighted by molar-refractivity contribution is 0.638. The fourth-order valence-electron chi connectivity index (χ4n) is 1.69. The molecular weight excluding hydrogens is 198 g/mol. The van der Waals surface area contributed by atoms with Crippen molar-refractivity contribution in [2.75, 3.05) is 5.73 Å². The van der Waals surface area contributed by atoms with E-state index in [1.165, 1.54) is 5.69 Å². The van der Waals surface area contributed by atoms with Crippen molar-refractivity contribution < 1.29 is 0 Å². The lowest BCUT2D eigenvalue weighted by Crippen LogP contribution is -1.93.